The highest BCUT2D eigenvalue weighted by molar-refractivity contribution is 6.51. The van der Waals surface area contributed by atoms with Crippen LogP contribution in [0.2, 0.25) is 12.6 Å². The summed E-state index contributed by atoms with van der Waals surface area (Å²) in [5.41, 5.74) is -1.08. The Morgan fingerprint density at radius 1 is 0.500 bits per heavy atom. The third-order valence-electron chi connectivity index (χ3n) is 5.24. The topological polar surface area (TPSA) is 36.9 Å². The lowest BCUT2D eigenvalue weighted by molar-refractivity contribution is 0.00578. The summed E-state index contributed by atoms with van der Waals surface area (Å²) in [6, 6.07) is 0. The van der Waals surface area contributed by atoms with Crippen LogP contribution in [-0.4, -0.2) is 36.6 Å². The second kappa shape index (κ2) is 4.73. The molecule has 114 valence electrons. The standard InChI is InChI=1S/C14H28B2O4/c1-11(2)12(3,4)18-15(17-11)9-10-16-19-13(5,6)14(7,8)20-16/h9-10H2,1-8H3. The molecule has 0 bridgehead atoms. The third kappa shape index (κ3) is 2.80. The maximum atomic E-state index is 5.99. The Hall–Kier alpha value is -0.0301. The molecule has 2 fully saturated rings. The van der Waals surface area contributed by atoms with Gasteiger partial charge in [-0.05, 0) is 68.0 Å². The quantitative estimate of drug-likeness (QED) is 0.745. The van der Waals surface area contributed by atoms with E-state index in [9.17, 15) is 0 Å². The van der Waals surface area contributed by atoms with Crippen molar-refractivity contribution in [3.63, 3.8) is 0 Å². The highest BCUT2D eigenvalue weighted by Crippen LogP contribution is 2.41. The molecule has 0 aromatic rings. The lowest BCUT2D eigenvalue weighted by Crippen LogP contribution is -2.41. The van der Waals surface area contributed by atoms with Crippen LogP contribution in [0.3, 0.4) is 0 Å². The SMILES string of the molecule is CC1(C)OB(CCB2OC(C)(C)C(C)(C)O2)OC1(C)C. The Bertz CT molecular complexity index is 311. The van der Waals surface area contributed by atoms with Gasteiger partial charge in [0, 0.05) is 0 Å². The first-order chi connectivity index (χ1) is 8.86. The molecule has 4 nitrogen and oxygen atoms in total. The average Bonchev–Trinajstić information content (AvgIpc) is 2.55. The van der Waals surface area contributed by atoms with Crippen LogP contribution in [0.25, 0.3) is 0 Å². The molecule has 2 heterocycles. The molecule has 0 amide bonds. The van der Waals surface area contributed by atoms with Gasteiger partial charge in [0.05, 0.1) is 22.4 Å². The fourth-order valence-corrected chi connectivity index (χ4v) is 2.44. The van der Waals surface area contributed by atoms with E-state index >= 15 is 0 Å². The molecule has 2 aliphatic rings. The van der Waals surface area contributed by atoms with Gasteiger partial charge >= 0.3 is 14.2 Å². The van der Waals surface area contributed by atoms with Crippen LogP contribution >= 0.6 is 0 Å². The molecule has 0 atom stereocenters. The lowest BCUT2D eigenvalue weighted by atomic mass is 9.71. The van der Waals surface area contributed by atoms with Gasteiger partial charge in [-0.15, -0.1) is 0 Å². The molecule has 0 saturated carbocycles. The highest BCUT2D eigenvalue weighted by Gasteiger charge is 2.53. The van der Waals surface area contributed by atoms with E-state index in [4.69, 9.17) is 18.6 Å². The van der Waals surface area contributed by atoms with E-state index in [0.29, 0.717) is 0 Å². The van der Waals surface area contributed by atoms with Crippen molar-refractivity contribution in [2.24, 2.45) is 0 Å². The van der Waals surface area contributed by atoms with Gasteiger partial charge in [-0.1, -0.05) is 0 Å². The van der Waals surface area contributed by atoms with Gasteiger partial charge in [0.2, 0.25) is 0 Å². The molecular weight excluding hydrogens is 254 g/mol. The highest BCUT2D eigenvalue weighted by atomic mass is 16.7. The smallest absolute Gasteiger partial charge is 0.403 e. The molecule has 20 heavy (non-hydrogen) atoms. The molecule has 0 radical (unpaired) electrons. The van der Waals surface area contributed by atoms with Crippen LogP contribution in [0.15, 0.2) is 0 Å². The van der Waals surface area contributed by atoms with Gasteiger partial charge in [0.1, 0.15) is 0 Å². The van der Waals surface area contributed by atoms with Crippen molar-refractivity contribution in [2.75, 3.05) is 0 Å². The maximum absolute atomic E-state index is 5.99. The van der Waals surface area contributed by atoms with Crippen LogP contribution in [-0.2, 0) is 18.6 Å². The van der Waals surface area contributed by atoms with E-state index in [-0.39, 0.29) is 36.6 Å². The van der Waals surface area contributed by atoms with Gasteiger partial charge in [-0.2, -0.15) is 0 Å². The summed E-state index contributed by atoms with van der Waals surface area (Å²) < 4.78 is 24.0. The van der Waals surface area contributed by atoms with Gasteiger partial charge in [-0.25, -0.2) is 0 Å². The Labute approximate surface area is 124 Å². The van der Waals surface area contributed by atoms with Crippen LogP contribution < -0.4 is 0 Å². The summed E-state index contributed by atoms with van der Waals surface area (Å²) in [7, 11) is -0.363. The Morgan fingerprint density at radius 3 is 0.900 bits per heavy atom. The minimum absolute atomic E-state index is 0.181. The van der Waals surface area contributed by atoms with Crippen molar-refractivity contribution in [2.45, 2.75) is 90.4 Å². The summed E-state index contributed by atoms with van der Waals surface area (Å²) in [6.45, 7) is 16.6. The van der Waals surface area contributed by atoms with E-state index in [0.717, 1.165) is 12.6 Å². The van der Waals surface area contributed by atoms with Crippen LogP contribution in [0.4, 0.5) is 0 Å². The zero-order valence-electron chi connectivity index (χ0n) is 14.2. The van der Waals surface area contributed by atoms with E-state index in [1.807, 2.05) is 0 Å². The molecule has 0 unspecified atom stereocenters. The van der Waals surface area contributed by atoms with Crippen molar-refractivity contribution in [3.05, 3.63) is 0 Å². The van der Waals surface area contributed by atoms with Gasteiger partial charge < -0.3 is 18.6 Å². The summed E-state index contributed by atoms with van der Waals surface area (Å²) in [4.78, 5) is 0. The predicted molar refractivity (Wildman–Crippen MR) is 81.8 cm³/mol. The summed E-state index contributed by atoms with van der Waals surface area (Å²) >= 11 is 0. The lowest BCUT2D eigenvalue weighted by Gasteiger charge is -2.32. The van der Waals surface area contributed by atoms with Gasteiger partial charge in [0.15, 0.2) is 0 Å². The Kier molecular flexibility index (Phi) is 3.87. The fraction of sp³-hybridized carbons (Fsp3) is 1.00. The van der Waals surface area contributed by atoms with Crippen molar-refractivity contribution >= 4 is 14.2 Å². The van der Waals surface area contributed by atoms with Crippen LogP contribution in [0.1, 0.15) is 55.4 Å². The minimum atomic E-state index is -0.270. The normalized spacial score (nSPS) is 30.0. The largest absolute Gasteiger partial charge is 0.457 e. The van der Waals surface area contributed by atoms with Crippen molar-refractivity contribution in [1.29, 1.82) is 0 Å². The monoisotopic (exact) mass is 282 g/mol. The summed E-state index contributed by atoms with van der Waals surface area (Å²) in [5.74, 6) is 0. The molecular formula is C14H28B2O4. The zero-order valence-corrected chi connectivity index (χ0v) is 14.2. The van der Waals surface area contributed by atoms with E-state index in [1.54, 1.807) is 0 Å². The molecule has 2 aliphatic heterocycles. The second-order valence-corrected chi connectivity index (χ2v) is 7.95. The van der Waals surface area contributed by atoms with Crippen molar-refractivity contribution in [1.82, 2.24) is 0 Å². The Balaban J connectivity index is 1.87. The Morgan fingerprint density at radius 2 is 0.700 bits per heavy atom. The number of hydrogen-bond acceptors (Lipinski definition) is 4. The number of hydrogen-bond donors (Lipinski definition) is 0. The molecule has 0 N–H and O–H groups in total. The molecule has 0 aliphatic carbocycles. The molecule has 2 saturated heterocycles. The van der Waals surface area contributed by atoms with Gasteiger partial charge in [-0.3, -0.25) is 0 Å². The fourth-order valence-electron chi connectivity index (χ4n) is 2.44. The van der Waals surface area contributed by atoms with E-state index in [1.165, 1.54) is 0 Å². The third-order valence-corrected chi connectivity index (χ3v) is 5.24. The molecule has 0 aromatic heterocycles. The first-order valence-corrected chi connectivity index (χ1v) is 7.58. The first kappa shape index (κ1) is 16.3. The van der Waals surface area contributed by atoms with Crippen molar-refractivity contribution in [3.8, 4) is 0 Å². The molecule has 2 rings (SSSR count). The minimum Gasteiger partial charge on any atom is -0.403 e. The van der Waals surface area contributed by atoms with Crippen LogP contribution in [0.5, 0.6) is 0 Å². The molecule has 0 spiro atoms. The summed E-state index contributed by atoms with van der Waals surface area (Å²) in [5, 5.41) is 0. The predicted octanol–water partition coefficient (Wildman–Crippen LogP) is 3.17. The van der Waals surface area contributed by atoms with Crippen molar-refractivity contribution < 1.29 is 18.6 Å². The van der Waals surface area contributed by atoms with E-state index < -0.39 is 0 Å². The summed E-state index contributed by atoms with van der Waals surface area (Å²) in [6.07, 6.45) is 1.56. The van der Waals surface area contributed by atoms with Crippen LogP contribution in [0, 0.1) is 0 Å². The average molecular weight is 282 g/mol. The zero-order chi connectivity index (χ0) is 15.4. The van der Waals surface area contributed by atoms with E-state index in [2.05, 4.69) is 55.4 Å². The maximum Gasteiger partial charge on any atom is 0.457 e. The molecule has 6 heteroatoms. The number of rotatable bonds is 3. The van der Waals surface area contributed by atoms with Gasteiger partial charge in [0.25, 0.3) is 0 Å². The molecule has 0 aromatic carbocycles. The second-order valence-electron chi connectivity index (χ2n) is 7.95. The first-order valence-electron chi connectivity index (χ1n) is 7.58.